The van der Waals surface area contributed by atoms with Crippen LogP contribution in [0.25, 0.3) is 0 Å². The Hall–Kier alpha value is -2.37. The molecule has 1 saturated heterocycles. The summed E-state index contributed by atoms with van der Waals surface area (Å²) in [5.41, 5.74) is 2.06. The van der Waals surface area contributed by atoms with Crippen molar-refractivity contribution in [1.82, 2.24) is 4.90 Å². The van der Waals surface area contributed by atoms with Crippen LogP contribution >= 0.6 is 0 Å². The summed E-state index contributed by atoms with van der Waals surface area (Å²) in [4.78, 5) is 16.3. The SMILES string of the molecule is COc1ccc2c(c1)[C@]13CCN(CC4CC4)[C@H](C2)[C@]1(O)CC1(C3)Nc2ccccc2C1=O. The van der Waals surface area contributed by atoms with E-state index in [4.69, 9.17) is 4.74 Å². The van der Waals surface area contributed by atoms with Gasteiger partial charge in [0.05, 0.1) is 12.7 Å². The van der Waals surface area contributed by atoms with Crippen molar-refractivity contribution in [2.75, 3.05) is 25.5 Å². The van der Waals surface area contributed by atoms with E-state index >= 15 is 0 Å². The predicted octanol–water partition coefficient (Wildman–Crippen LogP) is 3.55. The minimum absolute atomic E-state index is 0.0513. The highest BCUT2D eigenvalue weighted by atomic mass is 16.5. The molecule has 3 aliphatic carbocycles. The Morgan fingerprint density at radius 2 is 2.03 bits per heavy atom. The Kier molecular flexibility index (Phi) is 3.67. The molecule has 32 heavy (non-hydrogen) atoms. The summed E-state index contributed by atoms with van der Waals surface area (Å²) in [6.07, 6.45) is 5.43. The van der Waals surface area contributed by atoms with Crippen molar-refractivity contribution < 1.29 is 14.6 Å². The summed E-state index contributed by atoms with van der Waals surface area (Å²) in [7, 11) is 1.70. The highest BCUT2D eigenvalue weighted by Crippen LogP contribution is 2.65. The summed E-state index contributed by atoms with van der Waals surface area (Å²) in [6.45, 7) is 2.06. The Morgan fingerprint density at radius 3 is 2.81 bits per heavy atom. The van der Waals surface area contributed by atoms with E-state index in [1.165, 1.54) is 24.0 Å². The van der Waals surface area contributed by atoms with Gasteiger partial charge in [0, 0.05) is 35.7 Å². The standard InChI is InChI=1S/C27H30N2O3/c1-32-19-9-8-18-12-23-27(31)16-26(24(30)20-4-2-3-5-22(20)28-26)15-25(27,21(18)13-19)10-11-29(23)14-17-6-7-17/h2-5,8-9,13,17,23,28,31H,6-7,10-12,14-16H2,1H3/t23-,25-,26?,27-/m1/s1. The van der Waals surface area contributed by atoms with Gasteiger partial charge in [-0.1, -0.05) is 18.2 Å². The molecule has 2 bridgehead atoms. The van der Waals surface area contributed by atoms with Crippen molar-refractivity contribution in [3.05, 3.63) is 59.2 Å². The summed E-state index contributed by atoms with van der Waals surface area (Å²) in [6, 6.07) is 14.2. The number of Topliss-reactive ketones (excluding diaryl/α,β-unsaturated/α-hetero) is 1. The van der Waals surface area contributed by atoms with Crippen molar-refractivity contribution in [3.8, 4) is 5.75 Å². The van der Waals surface area contributed by atoms with Crippen molar-refractivity contribution in [1.29, 1.82) is 0 Å². The fraction of sp³-hybridized carbons (Fsp3) is 0.519. The molecule has 5 nitrogen and oxygen atoms in total. The van der Waals surface area contributed by atoms with Gasteiger partial charge in [-0.25, -0.2) is 0 Å². The van der Waals surface area contributed by atoms with Gasteiger partial charge in [-0.3, -0.25) is 9.69 Å². The van der Waals surface area contributed by atoms with Crippen LogP contribution in [0.2, 0.25) is 0 Å². The van der Waals surface area contributed by atoms with Crippen molar-refractivity contribution in [3.63, 3.8) is 0 Å². The predicted molar refractivity (Wildman–Crippen MR) is 122 cm³/mol. The third kappa shape index (κ3) is 2.28. The molecule has 5 aliphatic rings. The lowest BCUT2D eigenvalue weighted by Crippen LogP contribution is -2.69. The molecule has 3 fully saturated rings. The summed E-state index contributed by atoms with van der Waals surface area (Å²) >= 11 is 0. The monoisotopic (exact) mass is 430 g/mol. The van der Waals surface area contributed by atoms with E-state index in [1.807, 2.05) is 30.3 Å². The molecule has 5 heteroatoms. The second-order valence-electron chi connectivity index (χ2n) is 10.9. The molecule has 0 amide bonds. The van der Waals surface area contributed by atoms with Crippen LogP contribution in [0.15, 0.2) is 42.5 Å². The van der Waals surface area contributed by atoms with Crippen LogP contribution in [0, 0.1) is 5.92 Å². The number of ether oxygens (including phenoxy) is 1. The van der Waals surface area contributed by atoms with Gasteiger partial charge in [0.25, 0.3) is 0 Å². The van der Waals surface area contributed by atoms with Crippen LogP contribution < -0.4 is 10.1 Å². The second kappa shape index (κ2) is 6.15. The van der Waals surface area contributed by atoms with Gasteiger partial charge in [-0.05, 0) is 80.0 Å². The molecule has 2 saturated carbocycles. The number of anilines is 1. The number of methoxy groups -OCH3 is 1. The van der Waals surface area contributed by atoms with Gasteiger partial charge in [0.15, 0.2) is 5.78 Å². The zero-order chi connectivity index (χ0) is 21.7. The summed E-state index contributed by atoms with van der Waals surface area (Å²) in [5.74, 6) is 1.75. The number of carbonyl (C=O) groups is 1. The maximum atomic E-state index is 13.8. The number of ketones is 1. The topological polar surface area (TPSA) is 61.8 Å². The highest BCUT2D eigenvalue weighted by Gasteiger charge is 2.73. The third-order valence-electron chi connectivity index (χ3n) is 9.24. The molecule has 1 unspecified atom stereocenters. The Bertz CT molecular complexity index is 1140. The van der Waals surface area contributed by atoms with Gasteiger partial charge in [0.1, 0.15) is 11.3 Å². The number of aliphatic hydroxyl groups is 1. The van der Waals surface area contributed by atoms with E-state index in [9.17, 15) is 9.90 Å². The normalized spacial score (nSPS) is 37.1. The van der Waals surface area contributed by atoms with Gasteiger partial charge in [-0.2, -0.15) is 0 Å². The molecule has 0 aromatic heterocycles. The van der Waals surface area contributed by atoms with Crippen molar-refractivity contribution in [2.24, 2.45) is 5.92 Å². The van der Waals surface area contributed by atoms with Crippen LogP contribution in [-0.2, 0) is 11.8 Å². The molecule has 2 aromatic carbocycles. The fourth-order valence-corrected chi connectivity index (χ4v) is 7.63. The minimum Gasteiger partial charge on any atom is -0.497 e. The number of nitrogens with zero attached hydrogens (tertiary/aromatic N) is 1. The molecular formula is C27H30N2O3. The van der Waals surface area contributed by atoms with Crippen LogP contribution in [0.1, 0.15) is 53.6 Å². The fourth-order valence-electron chi connectivity index (χ4n) is 7.63. The molecule has 2 aromatic rings. The number of nitrogens with one attached hydrogen (secondary N) is 1. The van der Waals surface area contributed by atoms with E-state index in [-0.39, 0.29) is 11.8 Å². The Balaban J connectivity index is 1.39. The number of para-hydroxylation sites is 1. The first-order valence-electron chi connectivity index (χ1n) is 12.0. The average molecular weight is 431 g/mol. The van der Waals surface area contributed by atoms with Gasteiger partial charge in [0.2, 0.25) is 0 Å². The molecule has 2 N–H and O–H groups in total. The minimum atomic E-state index is -0.940. The molecule has 4 atom stereocenters. The first kappa shape index (κ1) is 19.1. The number of hydrogen-bond acceptors (Lipinski definition) is 5. The van der Waals surface area contributed by atoms with Gasteiger partial charge < -0.3 is 15.2 Å². The second-order valence-corrected chi connectivity index (χ2v) is 10.9. The number of carbonyl (C=O) groups excluding carboxylic acids is 1. The van der Waals surface area contributed by atoms with E-state index < -0.39 is 16.6 Å². The summed E-state index contributed by atoms with van der Waals surface area (Å²) in [5, 5.41) is 16.3. The number of benzene rings is 2. The lowest BCUT2D eigenvalue weighted by Gasteiger charge is -2.59. The van der Waals surface area contributed by atoms with E-state index in [1.54, 1.807) is 7.11 Å². The molecule has 0 radical (unpaired) electrons. The molecule has 1 spiro atoms. The number of likely N-dealkylation sites (tertiary alicyclic amines) is 1. The van der Waals surface area contributed by atoms with Crippen LogP contribution in [-0.4, -0.2) is 53.2 Å². The van der Waals surface area contributed by atoms with E-state index in [2.05, 4.69) is 22.3 Å². The lowest BCUT2D eigenvalue weighted by molar-refractivity contribution is -0.131. The molecule has 2 heterocycles. The molecular weight excluding hydrogens is 400 g/mol. The van der Waals surface area contributed by atoms with Crippen molar-refractivity contribution >= 4 is 11.5 Å². The Morgan fingerprint density at radius 1 is 1.19 bits per heavy atom. The molecule has 7 rings (SSSR count). The smallest absolute Gasteiger partial charge is 0.190 e. The summed E-state index contributed by atoms with van der Waals surface area (Å²) < 4.78 is 5.59. The number of piperidine rings is 1. The Labute approximate surface area is 188 Å². The maximum Gasteiger partial charge on any atom is 0.190 e. The van der Waals surface area contributed by atoms with Crippen LogP contribution in [0.4, 0.5) is 5.69 Å². The van der Waals surface area contributed by atoms with Crippen LogP contribution in [0.5, 0.6) is 5.75 Å². The lowest BCUT2D eigenvalue weighted by atomic mass is 9.56. The van der Waals surface area contributed by atoms with Gasteiger partial charge >= 0.3 is 0 Å². The third-order valence-corrected chi connectivity index (χ3v) is 9.24. The number of hydrogen-bond donors (Lipinski definition) is 2. The van der Waals surface area contributed by atoms with Crippen molar-refractivity contribution in [2.45, 2.75) is 61.1 Å². The van der Waals surface area contributed by atoms with Gasteiger partial charge in [-0.15, -0.1) is 0 Å². The quantitative estimate of drug-likeness (QED) is 0.780. The first-order chi connectivity index (χ1) is 15.5. The number of fused-ring (bicyclic) bond motifs is 2. The van der Waals surface area contributed by atoms with Crippen LogP contribution in [0.3, 0.4) is 0 Å². The molecule has 2 aliphatic heterocycles. The van der Waals surface area contributed by atoms with E-state index in [0.29, 0.717) is 12.8 Å². The zero-order valence-corrected chi connectivity index (χ0v) is 18.6. The molecule has 166 valence electrons. The number of rotatable bonds is 3. The van der Waals surface area contributed by atoms with E-state index in [0.717, 1.165) is 48.8 Å². The average Bonchev–Trinajstić information content (AvgIpc) is 3.50. The maximum absolute atomic E-state index is 13.8. The zero-order valence-electron chi connectivity index (χ0n) is 18.6. The largest absolute Gasteiger partial charge is 0.497 e. The first-order valence-corrected chi connectivity index (χ1v) is 12.0. The highest BCUT2D eigenvalue weighted by molar-refractivity contribution is 6.14.